The molecule has 0 fully saturated rings. The van der Waals surface area contributed by atoms with Gasteiger partial charge in [0.1, 0.15) is 5.82 Å². The van der Waals surface area contributed by atoms with E-state index in [4.69, 9.17) is 0 Å². The summed E-state index contributed by atoms with van der Waals surface area (Å²) < 4.78 is 13.7. The van der Waals surface area contributed by atoms with Crippen LogP contribution in [-0.2, 0) is 0 Å². The van der Waals surface area contributed by atoms with Crippen LogP contribution in [0.25, 0.3) is 10.9 Å². The number of rotatable bonds is 2. The number of fused-ring (bicyclic) bond motifs is 1. The number of benzene rings is 2. The van der Waals surface area contributed by atoms with Gasteiger partial charge in [-0.05, 0) is 30.3 Å². The number of para-hydroxylation sites is 1. The lowest BCUT2D eigenvalue weighted by molar-refractivity contribution is 0.102. The van der Waals surface area contributed by atoms with E-state index in [-0.39, 0.29) is 5.56 Å². The van der Waals surface area contributed by atoms with Gasteiger partial charge in [0.25, 0.3) is 5.91 Å². The predicted molar refractivity (Wildman–Crippen MR) is 83.3 cm³/mol. The first-order chi connectivity index (χ1) is 10.1. The number of hydrogen-bond donors (Lipinski definition) is 2. The van der Waals surface area contributed by atoms with Crippen LogP contribution in [0.5, 0.6) is 0 Å². The maximum absolute atomic E-state index is 13.7. The summed E-state index contributed by atoms with van der Waals surface area (Å²) >= 11 is 4.11. The van der Waals surface area contributed by atoms with E-state index in [2.05, 4.69) is 22.9 Å². The summed E-state index contributed by atoms with van der Waals surface area (Å²) in [7, 11) is 0. The predicted octanol–water partition coefficient (Wildman–Crippen LogP) is 3.91. The highest BCUT2D eigenvalue weighted by molar-refractivity contribution is 7.80. The fraction of sp³-hybridized carbons (Fsp3) is 0. The summed E-state index contributed by atoms with van der Waals surface area (Å²) in [6.45, 7) is 0. The van der Waals surface area contributed by atoms with Gasteiger partial charge in [-0.25, -0.2) is 4.39 Å². The zero-order valence-corrected chi connectivity index (χ0v) is 11.8. The molecule has 0 unspecified atom stereocenters. The van der Waals surface area contributed by atoms with Crippen molar-refractivity contribution in [1.82, 2.24) is 4.98 Å². The molecular weight excluding hydrogens is 287 g/mol. The molecule has 0 aliphatic heterocycles. The van der Waals surface area contributed by atoms with Gasteiger partial charge in [0.05, 0.1) is 23.0 Å². The van der Waals surface area contributed by atoms with Crippen LogP contribution in [0.15, 0.2) is 59.6 Å². The minimum Gasteiger partial charge on any atom is -0.320 e. The van der Waals surface area contributed by atoms with Crippen molar-refractivity contribution in [3.05, 3.63) is 66.1 Å². The molecule has 104 valence electrons. The van der Waals surface area contributed by atoms with Crippen LogP contribution < -0.4 is 5.32 Å². The first-order valence-corrected chi connectivity index (χ1v) is 6.73. The number of halogens is 1. The molecule has 0 aliphatic carbocycles. The van der Waals surface area contributed by atoms with E-state index in [0.29, 0.717) is 10.6 Å². The zero-order chi connectivity index (χ0) is 14.8. The van der Waals surface area contributed by atoms with Gasteiger partial charge in [0.2, 0.25) is 0 Å². The van der Waals surface area contributed by atoms with Crippen molar-refractivity contribution in [1.29, 1.82) is 0 Å². The van der Waals surface area contributed by atoms with Crippen LogP contribution in [0.2, 0.25) is 0 Å². The van der Waals surface area contributed by atoms with E-state index in [1.54, 1.807) is 12.3 Å². The molecule has 3 aromatic rings. The smallest absolute Gasteiger partial charge is 0.258 e. The average Bonchev–Trinajstić information content (AvgIpc) is 2.49. The van der Waals surface area contributed by atoms with Gasteiger partial charge in [-0.15, -0.1) is 12.6 Å². The maximum Gasteiger partial charge on any atom is 0.258 e. The number of thiol groups is 1. The van der Waals surface area contributed by atoms with Crippen molar-refractivity contribution >= 4 is 35.1 Å². The highest BCUT2D eigenvalue weighted by Crippen LogP contribution is 2.18. The lowest BCUT2D eigenvalue weighted by atomic mass is 10.2. The second-order valence-corrected chi connectivity index (χ2v) is 5.05. The molecule has 0 spiro atoms. The van der Waals surface area contributed by atoms with Crippen molar-refractivity contribution in [2.75, 3.05) is 5.32 Å². The Morgan fingerprint density at radius 3 is 2.81 bits per heavy atom. The van der Waals surface area contributed by atoms with Crippen molar-refractivity contribution in [2.24, 2.45) is 0 Å². The Labute approximate surface area is 126 Å². The third-order valence-electron chi connectivity index (χ3n) is 3.04. The number of aromatic nitrogens is 1. The molecule has 0 saturated heterocycles. The molecule has 0 radical (unpaired) electrons. The Morgan fingerprint density at radius 2 is 1.95 bits per heavy atom. The summed E-state index contributed by atoms with van der Waals surface area (Å²) in [5.41, 5.74) is 1.30. The molecule has 1 amide bonds. The quantitative estimate of drug-likeness (QED) is 0.704. The molecular formula is C16H11FN2OS. The molecule has 3 rings (SSSR count). The number of amides is 1. The SMILES string of the molecule is O=C(Nc1cnc2ccccc2c1)c1cc(S)ccc1F. The Hall–Kier alpha value is -2.40. The van der Waals surface area contributed by atoms with Gasteiger partial charge in [-0.1, -0.05) is 18.2 Å². The molecule has 3 nitrogen and oxygen atoms in total. The molecule has 1 N–H and O–H groups in total. The highest BCUT2D eigenvalue weighted by atomic mass is 32.1. The lowest BCUT2D eigenvalue weighted by Crippen LogP contribution is -2.14. The Morgan fingerprint density at radius 1 is 1.14 bits per heavy atom. The fourth-order valence-corrected chi connectivity index (χ4v) is 2.23. The largest absolute Gasteiger partial charge is 0.320 e. The number of hydrogen-bond acceptors (Lipinski definition) is 3. The molecule has 0 aliphatic rings. The van der Waals surface area contributed by atoms with Gasteiger partial charge in [0.15, 0.2) is 0 Å². The van der Waals surface area contributed by atoms with Gasteiger partial charge in [-0.3, -0.25) is 9.78 Å². The van der Waals surface area contributed by atoms with E-state index < -0.39 is 11.7 Å². The second kappa shape index (κ2) is 5.54. The molecule has 1 aromatic heterocycles. The number of carbonyl (C=O) groups excluding carboxylic acids is 1. The average molecular weight is 298 g/mol. The van der Waals surface area contributed by atoms with Gasteiger partial charge >= 0.3 is 0 Å². The lowest BCUT2D eigenvalue weighted by Gasteiger charge is -2.07. The monoisotopic (exact) mass is 298 g/mol. The Balaban J connectivity index is 1.90. The van der Waals surface area contributed by atoms with Crippen LogP contribution in [-0.4, -0.2) is 10.9 Å². The van der Waals surface area contributed by atoms with E-state index in [1.807, 2.05) is 24.3 Å². The number of carbonyl (C=O) groups is 1. The molecule has 21 heavy (non-hydrogen) atoms. The number of anilines is 1. The van der Waals surface area contributed by atoms with E-state index in [9.17, 15) is 9.18 Å². The van der Waals surface area contributed by atoms with Crippen LogP contribution in [0, 0.1) is 5.82 Å². The Kier molecular flexibility index (Phi) is 3.58. The third-order valence-corrected chi connectivity index (χ3v) is 3.32. The van der Waals surface area contributed by atoms with E-state index in [1.165, 1.54) is 18.2 Å². The third kappa shape index (κ3) is 2.87. The first kappa shape index (κ1) is 13.6. The molecule has 0 bridgehead atoms. The molecule has 0 atom stereocenters. The zero-order valence-electron chi connectivity index (χ0n) is 10.9. The maximum atomic E-state index is 13.7. The molecule has 1 heterocycles. The molecule has 5 heteroatoms. The number of nitrogens with zero attached hydrogens (tertiary/aromatic N) is 1. The minimum atomic E-state index is -0.584. The fourth-order valence-electron chi connectivity index (χ4n) is 2.03. The number of nitrogens with one attached hydrogen (secondary N) is 1. The normalized spacial score (nSPS) is 10.6. The van der Waals surface area contributed by atoms with Crippen molar-refractivity contribution < 1.29 is 9.18 Å². The van der Waals surface area contributed by atoms with E-state index in [0.717, 1.165) is 10.9 Å². The van der Waals surface area contributed by atoms with Gasteiger partial charge < -0.3 is 5.32 Å². The summed E-state index contributed by atoms with van der Waals surface area (Å²) in [6.07, 6.45) is 1.54. The van der Waals surface area contributed by atoms with Crippen molar-refractivity contribution in [3.8, 4) is 0 Å². The van der Waals surface area contributed by atoms with Crippen LogP contribution in [0.4, 0.5) is 10.1 Å². The highest BCUT2D eigenvalue weighted by Gasteiger charge is 2.12. The summed E-state index contributed by atoms with van der Waals surface area (Å²) in [5.74, 6) is -1.11. The number of pyridine rings is 1. The second-order valence-electron chi connectivity index (χ2n) is 4.53. The Bertz CT molecular complexity index is 835. The van der Waals surface area contributed by atoms with Crippen LogP contribution >= 0.6 is 12.6 Å². The first-order valence-electron chi connectivity index (χ1n) is 6.28. The summed E-state index contributed by atoms with van der Waals surface area (Å²) in [6, 6.07) is 13.5. The van der Waals surface area contributed by atoms with Gasteiger partial charge in [-0.2, -0.15) is 0 Å². The van der Waals surface area contributed by atoms with Crippen molar-refractivity contribution in [3.63, 3.8) is 0 Å². The summed E-state index contributed by atoms with van der Waals surface area (Å²) in [5, 5.41) is 3.54. The standard InChI is InChI=1S/C16H11FN2OS/c17-14-6-5-12(21)8-13(14)16(20)19-11-7-10-3-1-2-4-15(10)18-9-11/h1-9,21H,(H,19,20). The summed E-state index contributed by atoms with van der Waals surface area (Å²) in [4.78, 5) is 16.9. The van der Waals surface area contributed by atoms with Crippen molar-refractivity contribution in [2.45, 2.75) is 4.90 Å². The van der Waals surface area contributed by atoms with Crippen LogP contribution in [0.1, 0.15) is 10.4 Å². The molecule has 0 saturated carbocycles. The van der Waals surface area contributed by atoms with Crippen LogP contribution in [0.3, 0.4) is 0 Å². The topological polar surface area (TPSA) is 42.0 Å². The van der Waals surface area contributed by atoms with Gasteiger partial charge in [0, 0.05) is 10.3 Å². The van der Waals surface area contributed by atoms with E-state index >= 15 is 0 Å². The molecule has 2 aromatic carbocycles. The minimum absolute atomic E-state index is 0.0457.